The second kappa shape index (κ2) is 5.57. The Morgan fingerprint density at radius 2 is 2.17 bits per heavy atom. The van der Waals surface area contributed by atoms with E-state index in [1.54, 1.807) is 0 Å². The number of likely N-dealkylation sites (tertiary alicyclic amines) is 1. The van der Waals surface area contributed by atoms with Crippen molar-refractivity contribution in [2.75, 3.05) is 13.1 Å². The number of rotatable bonds is 6. The molecule has 2 atom stereocenters. The summed E-state index contributed by atoms with van der Waals surface area (Å²) in [6.07, 6.45) is 3.23. The van der Waals surface area contributed by atoms with E-state index in [2.05, 4.69) is 31.0 Å². The molecule has 4 nitrogen and oxygen atoms in total. The molecule has 0 spiro atoms. The minimum absolute atomic E-state index is 0.240. The van der Waals surface area contributed by atoms with Crippen LogP contribution in [0.5, 0.6) is 0 Å². The maximum absolute atomic E-state index is 11.7. The third kappa shape index (κ3) is 3.23. The van der Waals surface area contributed by atoms with Crippen molar-refractivity contribution in [2.45, 2.75) is 71.0 Å². The molecule has 0 aromatic heterocycles. The molecule has 1 heterocycles. The number of nitrogens with zero attached hydrogens (tertiary/aromatic N) is 1. The number of hydrogen-bond acceptors (Lipinski definition) is 3. The third-order valence-corrected chi connectivity index (χ3v) is 4.31. The summed E-state index contributed by atoms with van der Waals surface area (Å²) in [6, 6.07) is 0.360. The van der Waals surface area contributed by atoms with Crippen LogP contribution in [0, 0.1) is 0 Å². The number of nitrogens with two attached hydrogens (primary N) is 1. The number of primary amides is 1. The minimum Gasteiger partial charge on any atom is -0.368 e. The van der Waals surface area contributed by atoms with Gasteiger partial charge >= 0.3 is 0 Å². The summed E-state index contributed by atoms with van der Waals surface area (Å²) in [5.74, 6) is -0.256. The fraction of sp³-hybridized carbons (Fsp3) is 0.929. The van der Waals surface area contributed by atoms with Gasteiger partial charge < -0.3 is 11.1 Å². The first kappa shape index (κ1) is 15.4. The Labute approximate surface area is 111 Å². The fourth-order valence-electron chi connectivity index (χ4n) is 3.30. The summed E-state index contributed by atoms with van der Waals surface area (Å²) < 4.78 is 0. The van der Waals surface area contributed by atoms with Gasteiger partial charge in [0.2, 0.25) is 5.91 Å². The van der Waals surface area contributed by atoms with E-state index >= 15 is 0 Å². The van der Waals surface area contributed by atoms with Gasteiger partial charge in [0.15, 0.2) is 0 Å². The molecule has 0 aliphatic carbocycles. The molecule has 4 heteroatoms. The highest BCUT2D eigenvalue weighted by Gasteiger charge is 2.39. The van der Waals surface area contributed by atoms with Crippen molar-refractivity contribution in [1.29, 1.82) is 0 Å². The number of carbonyl (C=O) groups is 1. The molecule has 2 unspecified atom stereocenters. The van der Waals surface area contributed by atoms with Crippen LogP contribution in [0.4, 0.5) is 0 Å². The molecule has 106 valence electrons. The van der Waals surface area contributed by atoms with Crippen molar-refractivity contribution in [3.63, 3.8) is 0 Å². The molecule has 1 aliphatic heterocycles. The first-order chi connectivity index (χ1) is 8.23. The number of hydrogen-bond donors (Lipinski definition) is 2. The predicted molar refractivity (Wildman–Crippen MR) is 75.4 cm³/mol. The summed E-state index contributed by atoms with van der Waals surface area (Å²) in [5, 5.41) is 3.24. The second-order valence-electron chi connectivity index (χ2n) is 6.39. The molecule has 0 bridgehead atoms. The lowest BCUT2D eigenvalue weighted by atomic mass is 9.90. The first-order valence-corrected chi connectivity index (χ1v) is 7.04. The molecular formula is C14H29N3O. The van der Waals surface area contributed by atoms with Crippen LogP contribution in [0.25, 0.3) is 0 Å². The maximum atomic E-state index is 11.7. The second-order valence-corrected chi connectivity index (χ2v) is 6.39. The van der Waals surface area contributed by atoms with E-state index in [-0.39, 0.29) is 11.4 Å². The van der Waals surface area contributed by atoms with E-state index in [1.165, 1.54) is 12.8 Å². The average molecular weight is 255 g/mol. The van der Waals surface area contributed by atoms with Gasteiger partial charge in [-0.1, -0.05) is 6.92 Å². The summed E-state index contributed by atoms with van der Waals surface area (Å²) in [5.41, 5.74) is 5.19. The van der Waals surface area contributed by atoms with Gasteiger partial charge in [-0.3, -0.25) is 9.69 Å². The van der Waals surface area contributed by atoms with E-state index in [0.717, 1.165) is 19.5 Å². The van der Waals surface area contributed by atoms with Crippen LogP contribution in [0.1, 0.15) is 53.9 Å². The molecule has 3 N–H and O–H groups in total. The van der Waals surface area contributed by atoms with Crippen molar-refractivity contribution in [3.8, 4) is 0 Å². The van der Waals surface area contributed by atoms with Gasteiger partial charge in [0.25, 0.3) is 0 Å². The van der Waals surface area contributed by atoms with Crippen molar-refractivity contribution < 1.29 is 4.79 Å². The van der Waals surface area contributed by atoms with Crippen molar-refractivity contribution in [3.05, 3.63) is 0 Å². The summed E-state index contributed by atoms with van der Waals surface area (Å²) >= 11 is 0. The van der Waals surface area contributed by atoms with Crippen LogP contribution < -0.4 is 11.1 Å². The molecule has 1 rings (SSSR count). The van der Waals surface area contributed by atoms with E-state index in [9.17, 15) is 4.79 Å². The van der Waals surface area contributed by atoms with E-state index in [4.69, 9.17) is 5.73 Å². The predicted octanol–water partition coefficient (Wildman–Crippen LogP) is 1.49. The summed E-state index contributed by atoms with van der Waals surface area (Å²) in [4.78, 5) is 14.2. The molecule has 0 radical (unpaired) electrons. The van der Waals surface area contributed by atoms with Crippen LogP contribution in [-0.4, -0.2) is 41.0 Å². The molecule has 0 aromatic rings. The zero-order valence-corrected chi connectivity index (χ0v) is 12.5. The number of nitrogens with one attached hydrogen (secondary N) is 1. The smallest absolute Gasteiger partial charge is 0.237 e. The monoisotopic (exact) mass is 255 g/mol. The SMILES string of the molecule is CCNC(C)(CC(C)N1CCCC1(C)C)C(N)=O. The molecule has 1 aliphatic rings. The highest BCUT2D eigenvalue weighted by atomic mass is 16.1. The molecule has 1 amide bonds. The molecule has 0 aromatic carbocycles. The molecule has 18 heavy (non-hydrogen) atoms. The molecule has 0 saturated carbocycles. The van der Waals surface area contributed by atoms with Gasteiger partial charge in [0.1, 0.15) is 0 Å². The van der Waals surface area contributed by atoms with Gasteiger partial charge in [0, 0.05) is 11.6 Å². The number of likely N-dealkylation sites (N-methyl/N-ethyl adjacent to an activating group) is 1. The van der Waals surface area contributed by atoms with Gasteiger partial charge in [-0.15, -0.1) is 0 Å². The minimum atomic E-state index is -0.604. The lowest BCUT2D eigenvalue weighted by molar-refractivity contribution is -0.124. The molecule has 1 fully saturated rings. The lowest BCUT2D eigenvalue weighted by Crippen LogP contribution is -2.57. The molecule has 1 saturated heterocycles. The van der Waals surface area contributed by atoms with E-state index < -0.39 is 5.54 Å². The Morgan fingerprint density at radius 3 is 2.56 bits per heavy atom. The van der Waals surface area contributed by atoms with Gasteiger partial charge in [0.05, 0.1) is 5.54 Å². The highest BCUT2D eigenvalue weighted by molar-refractivity contribution is 5.84. The first-order valence-electron chi connectivity index (χ1n) is 7.04. The van der Waals surface area contributed by atoms with Gasteiger partial charge in [-0.2, -0.15) is 0 Å². The Kier molecular flexibility index (Phi) is 4.78. The van der Waals surface area contributed by atoms with Crippen molar-refractivity contribution in [1.82, 2.24) is 10.2 Å². The number of carbonyl (C=O) groups excluding carboxylic acids is 1. The Hall–Kier alpha value is -0.610. The lowest BCUT2D eigenvalue weighted by Gasteiger charge is -2.40. The fourth-order valence-corrected chi connectivity index (χ4v) is 3.30. The van der Waals surface area contributed by atoms with E-state index in [1.807, 2.05) is 13.8 Å². The van der Waals surface area contributed by atoms with Crippen molar-refractivity contribution >= 4 is 5.91 Å². The summed E-state index contributed by atoms with van der Waals surface area (Å²) in [6.45, 7) is 12.6. The average Bonchev–Trinajstić information content (AvgIpc) is 2.58. The Bertz CT molecular complexity index is 303. The maximum Gasteiger partial charge on any atom is 0.237 e. The van der Waals surface area contributed by atoms with Gasteiger partial charge in [-0.25, -0.2) is 0 Å². The topological polar surface area (TPSA) is 58.4 Å². The zero-order chi connectivity index (χ0) is 14.0. The highest BCUT2D eigenvalue weighted by Crippen LogP contribution is 2.32. The van der Waals surface area contributed by atoms with Crippen LogP contribution in [-0.2, 0) is 4.79 Å². The standard InChI is InChI=1S/C14H29N3O/c1-6-16-14(5,12(15)18)10-11(2)17-9-7-8-13(17,3)4/h11,16H,6-10H2,1-5H3,(H2,15,18). The third-order valence-electron chi connectivity index (χ3n) is 4.31. The Balaban J connectivity index is 2.73. The summed E-state index contributed by atoms with van der Waals surface area (Å²) in [7, 11) is 0. The Morgan fingerprint density at radius 1 is 1.56 bits per heavy atom. The quantitative estimate of drug-likeness (QED) is 0.756. The van der Waals surface area contributed by atoms with Gasteiger partial charge in [-0.05, 0) is 60.0 Å². The largest absolute Gasteiger partial charge is 0.368 e. The number of amides is 1. The molecular weight excluding hydrogens is 226 g/mol. The van der Waals surface area contributed by atoms with E-state index in [0.29, 0.717) is 6.04 Å². The van der Waals surface area contributed by atoms with Crippen LogP contribution in [0.15, 0.2) is 0 Å². The zero-order valence-electron chi connectivity index (χ0n) is 12.5. The van der Waals surface area contributed by atoms with Crippen LogP contribution >= 0.6 is 0 Å². The van der Waals surface area contributed by atoms with Crippen LogP contribution in [0.3, 0.4) is 0 Å². The normalized spacial score (nSPS) is 24.7. The van der Waals surface area contributed by atoms with Crippen molar-refractivity contribution in [2.24, 2.45) is 5.73 Å². The van der Waals surface area contributed by atoms with Crippen LogP contribution in [0.2, 0.25) is 0 Å².